The quantitative estimate of drug-likeness (QED) is 0.361. The summed E-state index contributed by atoms with van der Waals surface area (Å²) in [6, 6.07) is 0. The van der Waals surface area contributed by atoms with Crippen molar-refractivity contribution < 1.29 is 4.79 Å². The van der Waals surface area contributed by atoms with Crippen LogP contribution in [0.3, 0.4) is 0 Å². The van der Waals surface area contributed by atoms with Gasteiger partial charge in [0.05, 0.1) is 0 Å². The normalized spacial score (nSPS) is 9.14. The number of carbonyl (C=O) groups excluding carboxylic acids is 1. The molecule has 0 bridgehead atoms. The third-order valence-electron chi connectivity index (χ3n) is 0.395. The lowest BCUT2D eigenvalue weighted by atomic mass is 10.6. The summed E-state index contributed by atoms with van der Waals surface area (Å²) in [5, 5.41) is 0. The van der Waals surface area contributed by atoms with Gasteiger partial charge in [0, 0.05) is 6.08 Å². The highest BCUT2D eigenvalue weighted by Gasteiger charge is 1.80. The summed E-state index contributed by atoms with van der Waals surface area (Å²) in [7, 11) is 0. The average Bonchev–Trinajstić information content (AvgIpc) is 1.68. The fourth-order valence-corrected chi connectivity index (χ4v) is 0.135. The van der Waals surface area contributed by atoms with E-state index >= 15 is 0 Å². The first-order valence-electron chi connectivity index (χ1n) is 1.70. The van der Waals surface area contributed by atoms with Gasteiger partial charge in [-0.1, -0.05) is 0 Å². The highest BCUT2D eigenvalue weighted by molar-refractivity contribution is 5.90. The molecule has 0 spiro atoms. The standard InChI is InChI=1S/C4H6N2O/c1-6-4(7)2-3-5/h2-3H,1,5H2/b3-2+. The van der Waals surface area contributed by atoms with Crippen LogP contribution in [-0.2, 0) is 4.79 Å². The molecule has 38 valence electrons. The Morgan fingerprint density at radius 1 is 1.86 bits per heavy atom. The number of nitrogens with zero attached hydrogens (tertiary/aromatic N) is 1. The lowest BCUT2D eigenvalue weighted by Crippen LogP contribution is -1.86. The van der Waals surface area contributed by atoms with Crippen LogP contribution in [0.1, 0.15) is 0 Å². The zero-order valence-electron chi connectivity index (χ0n) is 3.79. The van der Waals surface area contributed by atoms with E-state index in [1.54, 1.807) is 0 Å². The highest BCUT2D eigenvalue weighted by atomic mass is 16.1. The van der Waals surface area contributed by atoms with Crippen molar-refractivity contribution in [2.75, 3.05) is 0 Å². The minimum atomic E-state index is -0.414. The van der Waals surface area contributed by atoms with Gasteiger partial charge in [0.1, 0.15) is 0 Å². The molecule has 2 N–H and O–H groups in total. The second kappa shape index (κ2) is 3.08. The maximum absolute atomic E-state index is 10.0. The number of amides is 1. The molecule has 0 heterocycles. The second-order valence-corrected chi connectivity index (χ2v) is 0.855. The number of hydrogen-bond acceptors (Lipinski definition) is 2. The van der Waals surface area contributed by atoms with Gasteiger partial charge in [-0.3, -0.25) is 4.79 Å². The minimum Gasteiger partial charge on any atom is -0.404 e. The lowest BCUT2D eigenvalue weighted by Gasteiger charge is -1.72. The minimum absolute atomic E-state index is 0.414. The molecule has 0 aromatic heterocycles. The fraction of sp³-hybridized carbons (Fsp3) is 0. The molecule has 0 aromatic carbocycles. The van der Waals surface area contributed by atoms with Crippen LogP contribution < -0.4 is 5.73 Å². The van der Waals surface area contributed by atoms with Crippen LogP contribution in [0.5, 0.6) is 0 Å². The van der Waals surface area contributed by atoms with Crippen LogP contribution in [0.25, 0.3) is 0 Å². The summed E-state index contributed by atoms with van der Waals surface area (Å²) in [6.07, 6.45) is 2.25. The zero-order valence-corrected chi connectivity index (χ0v) is 3.79. The second-order valence-electron chi connectivity index (χ2n) is 0.855. The maximum atomic E-state index is 10.0. The molecule has 1 amide bonds. The van der Waals surface area contributed by atoms with Crippen molar-refractivity contribution in [1.29, 1.82) is 0 Å². The smallest absolute Gasteiger partial charge is 0.270 e. The van der Waals surface area contributed by atoms with Crippen molar-refractivity contribution in [3.8, 4) is 0 Å². The Hall–Kier alpha value is -1.12. The summed E-state index contributed by atoms with van der Waals surface area (Å²) in [5.74, 6) is -0.414. The molecule has 3 heteroatoms. The topological polar surface area (TPSA) is 55.5 Å². The van der Waals surface area contributed by atoms with Crippen molar-refractivity contribution in [3.63, 3.8) is 0 Å². The maximum Gasteiger partial charge on any atom is 0.270 e. The van der Waals surface area contributed by atoms with Gasteiger partial charge in [0.25, 0.3) is 5.91 Å². The van der Waals surface area contributed by atoms with E-state index in [1.807, 2.05) is 0 Å². The molecule has 3 nitrogen and oxygen atoms in total. The van der Waals surface area contributed by atoms with E-state index < -0.39 is 5.91 Å². The number of nitrogens with two attached hydrogens (primary N) is 1. The monoisotopic (exact) mass is 98.0 g/mol. The molecule has 0 atom stereocenters. The van der Waals surface area contributed by atoms with E-state index in [2.05, 4.69) is 11.7 Å². The summed E-state index contributed by atoms with van der Waals surface area (Å²) in [6.45, 7) is 2.97. The Labute approximate surface area is 41.5 Å². The third kappa shape index (κ3) is 2.69. The van der Waals surface area contributed by atoms with Gasteiger partial charge in [-0.25, -0.2) is 4.99 Å². The van der Waals surface area contributed by atoms with Gasteiger partial charge >= 0.3 is 0 Å². The van der Waals surface area contributed by atoms with Crippen molar-refractivity contribution in [1.82, 2.24) is 0 Å². The molecule has 0 saturated heterocycles. The lowest BCUT2D eigenvalue weighted by molar-refractivity contribution is -0.113. The Morgan fingerprint density at radius 3 is 2.57 bits per heavy atom. The average molecular weight is 98.1 g/mol. The molecule has 0 rings (SSSR count). The van der Waals surface area contributed by atoms with Crippen LogP contribution in [0, 0.1) is 0 Å². The van der Waals surface area contributed by atoms with Gasteiger partial charge in [0.15, 0.2) is 0 Å². The van der Waals surface area contributed by atoms with Crippen LogP contribution in [0.2, 0.25) is 0 Å². The van der Waals surface area contributed by atoms with E-state index in [-0.39, 0.29) is 0 Å². The van der Waals surface area contributed by atoms with Crippen LogP contribution >= 0.6 is 0 Å². The van der Waals surface area contributed by atoms with E-state index in [0.717, 1.165) is 12.3 Å². The first-order chi connectivity index (χ1) is 3.31. The van der Waals surface area contributed by atoms with Gasteiger partial charge in [-0.15, -0.1) is 0 Å². The predicted molar refractivity (Wildman–Crippen MR) is 27.9 cm³/mol. The van der Waals surface area contributed by atoms with E-state index in [1.165, 1.54) is 0 Å². The number of hydrogen-bond donors (Lipinski definition) is 1. The van der Waals surface area contributed by atoms with E-state index in [4.69, 9.17) is 5.73 Å². The third-order valence-corrected chi connectivity index (χ3v) is 0.395. The molecule has 0 radical (unpaired) electrons. The molecular formula is C4H6N2O. The van der Waals surface area contributed by atoms with Crippen LogP contribution in [0.4, 0.5) is 0 Å². The highest BCUT2D eigenvalue weighted by Crippen LogP contribution is 1.69. The van der Waals surface area contributed by atoms with E-state index in [9.17, 15) is 4.79 Å². The summed E-state index contributed by atoms with van der Waals surface area (Å²) >= 11 is 0. The fourth-order valence-electron chi connectivity index (χ4n) is 0.135. The van der Waals surface area contributed by atoms with Crippen molar-refractivity contribution in [2.45, 2.75) is 0 Å². The first kappa shape index (κ1) is 5.88. The Kier molecular flexibility index (Phi) is 2.59. The van der Waals surface area contributed by atoms with Gasteiger partial charge < -0.3 is 5.73 Å². The number of aliphatic imine (C=N–C) groups is 1. The molecule has 0 fully saturated rings. The molecule has 0 aliphatic heterocycles. The SMILES string of the molecule is C=NC(=O)/C=C/N. The Morgan fingerprint density at radius 2 is 2.43 bits per heavy atom. The first-order valence-corrected chi connectivity index (χ1v) is 1.70. The van der Waals surface area contributed by atoms with E-state index in [0.29, 0.717) is 0 Å². The van der Waals surface area contributed by atoms with Gasteiger partial charge in [-0.2, -0.15) is 0 Å². The predicted octanol–water partition coefficient (Wildman–Crippen LogP) is -0.314. The summed E-state index contributed by atoms with van der Waals surface area (Å²) in [5.41, 5.74) is 4.82. The molecular weight excluding hydrogens is 92.1 g/mol. The number of carbonyl (C=O) groups is 1. The van der Waals surface area contributed by atoms with Crippen molar-refractivity contribution >= 4 is 12.6 Å². The van der Waals surface area contributed by atoms with Gasteiger partial charge in [0.2, 0.25) is 0 Å². The molecule has 0 unspecified atom stereocenters. The molecule has 0 aliphatic rings. The summed E-state index contributed by atoms with van der Waals surface area (Å²) < 4.78 is 0. The molecule has 0 aliphatic carbocycles. The number of rotatable bonds is 1. The molecule has 7 heavy (non-hydrogen) atoms. The van der Waals surface area contributed by atoms with Gasteiger partial charge in [-0.05, 0) is 12.9 Å². The summed E-state index contributed by atoms with van der Waals surface area (Å²) in [4.78, 5) is 13.0. The largest absolute Gasteiger partial charge is 0.404 e. The molecule has 0 saturated carbocycles. The zero-order chi connectivity index (χ0) is 5.70. The Balaban J connectivity index is 3.58. The Bertz CT molecular complexity index is 106. The molecule has 0 aromatic rings. The van der Waals surface area contributed by atoms with Crippen molar-refractivity contribution in [2.24, 2.45) is 10.7 Å². The van der Waals surface area contributed by atoms with Crippen molar-refractivity contribution in [3.05, 3.63) is 12.3 Å². The van der Waals surface area contributed by atoms with Crippen LogP contribution in [-0.4, -0.2) is 12.6 Å². The van der Waals surface area contributed by atoms with Crippen LogP contribution in [0.15, 0.2) is 17.3 Å².